The lowest BCUT2D eigenvalue weighted by Crippen LogP contribution is -2.44. The zero-order valence-corrected chi connectivity index (χ0v) is 14.5. The number of aromatic nitrogens is 1. The standard InChI is InChI=1S/C17H20N2O4S/c1-13-3-5-16(6-4-13)24(21,22)19-8-7-15(12-19)17(20)18-9-10-23-14(2)11-18/h3-8,12,14H,9-11H2,1-2H3/t14-/m0/s1. The summed E-state index contributed by atoms with van der Waals surface area (Å²) in [5.74, 6) is -0.178. The molecular formula is C17H20N2O4S. The Bertz CT molecular complexity index is 840. The minimum Gasteiger partial charge on any atom is -0.375 e. The van der Waals surface area contributed by atoms with Crippen LogP contribution in [-0.2, 0) is 14.8 Å². The molecule has 2 aromatic rings. The van der Waals surface area contributed by atoms with Gasteiger partial charge in [0.05, 0.1) is 23.2 Å². The summed E-state index contributed by atoms with van der Waals surface area (Å²) < 4.78 is 31.8. The number of hydrogen-bond donors (Lipinski definition) is 0. The molecule has 128 valence electrons. The first-order valence-electron chi connectivity index (χ1n) is 7.79. The van der Waals surface area contributed by atoms with E-state index in [4.69, 9.17) is 4.74 Å². The fraction of sp³-hybridized carbons (Fsp3) is 0.353. The fourth-order valence-electron chi connectivity index (χ4n) is 2.67. The van der Waals surface area contributed by atoms with Gasteiger partial charge in [-0.3, -0.25) is 4.79 Å². The number of ether oxygens (including phenoxy) is 1. The number of carbonyl (C=O) groups excluding carboxylic acids is 1. The largest absolute Gasteiger partial charge is 0.375 e. The topological polar surface area (TPSA) is 68.6 Å². The van der Waals surface area contributed by atoms with Crippen LogP contribution >= 0.6 is 0 Å². The van der Waals surface area contributed by atoms with Gasteiger partial charge in [-0.1, -0.05) is 17.7 Å². The lowest BCUT2D eigenvalue weighted by atomic mass is 10.2. The summed E-state index contributed by atoms with van der Waals surface area (Å²) in [5, 5.41) is 0. The van der Waals surface area contributed by atoms with E-state index in [-0.39, 0.29) is 16.9 Å². The molecule has 6 nitrogen and oxygen atoms in total. The van der Waals surface area contributed by atoms with Crippen LogP contribution < -0.4 is 0 Å². The van der Waals surface area contributed by atoms with Crippen LogP contribution in [-0.4, -0.2) is 49.0 Å². The van der Waals surface area contributed by atoms with Crippen LogP contribution in [0.4, 0.5) is 0 Å². The number of carbonyl (C=O) groups is 1. The highest BCUT2D eigenvalue weighted by Crippen LogP contribution is 2.17. The Hall–Kier alpha value is -2.12. The number of amides is 1. The van der Waals surface area contributed by atoms with Crippen LogP contribution in [0.25, 0.3) is 0 Å². The molecule has 1 saturated heterocycles. The predicted octanol–water partition coefficient (Wildman–Crippen LogP) is 1.89. The van der Waals surface area contributed by atoms with Gasteiger partial charge in [0.15, 0.2) is 0 Å². The monoisotopic (exact) mass is 348 g/mol. The highest BCUT2D eigenvalue weighted by molar-refractivity contribution is 7.90. The Labute approximate surface area is 141 Å². The number of benzene rings is 1. The van der Waals surface area contributed by atoms with Crippen LogP contribution in [0.2, 0.25) is 0 Å². The van der Waals surface area contributed by atoms with Gasteiger partial charge < -0.3 is 9.64 Å². The molecule has 1 atom stereocenters. The smallest absolute Gasteiger partial charge is 0.267 e. The number of aryl methyl sites for hydroxylation is 1. The second kappa shape index (κ2) is 6.41. The van der Waals surface area contributed by atoms with Gasteiger partial charge in [0.2, 0.25) is 0 Å². The van der Waals surface area contributed by atoms with Crippen LogP contribution in [0.3, 0.4) is 0 Å². The lowest BCUT2D eigenvalue weighted by molar-refractivity contribution is -0.0124. The van der Waals surface area contributed by atoms with Gasteiger partial charge in [0.1, 0.15) is 0 Å². The maximum absolute atomic E-state index is 12.6. The molecule has 1 amide bonds. The first-order chi connectivity index (χ1) is 11.4. The molecule has 1 fully saturated rings. The summed E-state index contributed by atoms with van der Waals surface area (Å²) in [7, 11) is -3.69. The van der Waals surface area contributed by atoms with E-state index in [9.17, 15) is 13.2 Å². The summed E-state index contributed by atoms with van der Waals surface area (Å²) in [4.78, 5) is 14.4. The molecule has 0 aliphatic carbocycles. The van der Waals surface area contributed by atoms with Crippen molar-refractivity contribution in [3.8, 4) is 0 Å². The third-order valence-corrected chi connectivity index (χ3v) is 5.69. The van der Waals surface area contributed by atoms with Crippen LogP contribution in [0.1, 0.15) is 22.8 Å². The third kappa shape index (κ3) is 3.22. The van der Waals surface area contributed by atoms with Crippen molar-refractivity contribution in [2.45, 2.75) is 24.8 Å². The SMILES string of the molecule is Cc1ccc(S(=O)(=O)n2ccc(C(=O)N3CCO[C@@H](C)C3)c2)cc1. The van der Waals surface area contributed by atoms with Gasteiger partial charge >= 0.3 is 0 Å². The summed E-state index contributed by atoms with van der Waals surface area (Å²) in [6.07, 6.45) is 2.77. The average Bonchev–Trinajstić information content (AvgIpc) is 3.05. The van der Waals surface area contributed by atoms with E-state index in [1.165, 1.54) is 18.5 Å². The van der Waals surface area contributed by atoms with E-state index in [1.807, 2.05) is 13.8 Å². The van der Waals surface area contributed by atoms with Crippen molar-refractivity contribution in [1.29, 1.82) is 0 Å². The number of hydrogen-bond acceptors (Lipinski definition) is 4. The van der Waals surface area contributed by atoms with Crippen molar-refractivity contribution in [2.24, 2.45) is 0 Å². The van der Waals surface area contributed by atoms with E-state index in [0.717, 1.165) is 9.54 Å². The third-order valence-electron chi connectivity index (χ3n) is 4.04. The van der Waals surface area contributed by atoms with E-state index >= 15 is 0 Å². The van der Waals surface area contributed by atoms with E-state index in [1.54, 1.807) is 29.2 Å². The molecule has 1 aliphatic heterocycles. The van der Waals surface area contributed by atoms with Gasteiger partial charge in [-0.15, -0.1) is 0 Å². The molecule has 0 N–H and O–H groups in total. The molecule has 1 aliphatic rings. The molecule has 1 aromatic heterocycles. The molecule has 7 heteroatoms. The van der Waals surface area contributed by atoms with Gasteiger partial charge in [0, 0.05) is 25.5 Å². The van der Waals surface area contributed by atoms with Crippen molar-refractivity contribution in [1.82, 2.24) is 8.87 Å². The molecule has 24 heavy (non-hydrogen) atoms. The fourth-order valence-corrected chi connectivity index (χ4v) is 3.87. The molecule has 2 heterocycles. The van der Waals surface area contributed by atoms with Crippen molar-refractivity contribution in [2.75, 3.05) is 19.7 Å². The molecule has 3 rings (SSSR count). The van der Waals surface area contributed by atoms with Crippen LogP contribution in [0.15, 0.2) is 47.6 Å². The highest BCUT2D eigenvalue weighted by Gasteiger charge is 2.24. The molecule has 1 aromatic carbocycles. The molecule has 0 unspecified atom stereocenters. The Morgan fingerprint density at radius 3 is 2.58 bits per heavy atom. The number of morpholine rings is 1. The van der Waals surface area contributed by atoms with Crippen molar-refractivity contribution < 1.29 is 17.9 Å². The summed E-state index contributed by atoms with van der Waals surface area (Å²) in [6.45, 7) is 5.32. The Morgan fingerprint density at radius 1 is 1.21 bits per heavy atom. The van der Waals surface area contributed by atoms with Crippen LogP contribution in [0.5, 0.6) is 0 Å². The van der Waals surface area contributed by atoms with Gasteiger partial charge in [0.25, 0.3) is 15.9 Å². The summed E-state index contributed by atoms with van der Waals surface area (Å²) in [6, 6.07) is 8.16. The zero-order valence-electron chi connectivity index (χ0n) is 13.7. The Morgan fingerprint density at radius 2 is 1.92 bits per heavy atom. The number of nitrogens with zero attached hydrogens (tertiary/aromatic N) is 2. The Balaban J connectivity index is 1.84. The second-order valence-corrected chi connectivity index (χ2v) is 7.82. The lowest BCUT2D eigenvalue weighted by Gasteiger charge is -2.30. The summed E-state index contributed by atoms with van der Waals surface area (Å²) >= 11 is 0. The summed E-state index contributed by atoms with van der Waals surface area (Å²) in [5.41, 5.74) is 1.35. The minimum absolute atomic E-state index is 0.0129. The van der Waals surface area contributed by atoms with Crippen molar-refractivity contribution in [3.05, 3.63) is 53.9 Å². The molecule has 0 bridgehead atoms. The average molecular weight is 348 g/mol. The molecule has 0 radical (unpaired) electrons. The molecule has 0 saturated carbocycles. The van der Waals surface area contributed by atoms with E-state index in [0.29, 0.717) is 25.3 Å². The highest BCUT2D eigenvalue weighted by atomic mass is 32.2. The maximum atomic E-state index is 12.6. The predicted molar refractivity (Wildman–Crippen MR) is 89.5 cm³/mol. The zero-order chi connectivity index (χ0) is 17.3. The van der Waals surface area contributed by atoms with Crippen LogP contribution in [0, 0.1) is 6.92 Å². The second-order valence-electron chi connectivity index (χ2n) is 5.98. The maximum Gasteiger partial charge on any atom is 0.267 e. The normalized spacial score (nSPS) is 18.6. The van der Waals surface area contributed by atoms with E-state index < -0.39 is 10.0 Å². The Kier molecular flexibility index (Phi) is 4.47. The first kappa shape index (κ1) is 16.7. The van der Waals surface area contributed by atoms with Gasteiger partial charge in [-0.25, -0.2) is 12.4 Å². The van der Waals surface area contributed by atoms with Gasteiger partial charge in [-0.05, 0) is 32.0 Å². The molecule has 0 spiro atoms. The van der Waals surface area contributed by atoms with Crippen molar-refractivity contribution >= 4 is 15.9 Å². The van der Waals surface area contributed by atoms with Crippen molar-refractivity contribution in [3.63, 3.8) is 0 Å². The number of rotatable bonds is 3. The first-order valence-corrected chi connectivity index (χ1v) is 9.23. The van der Waals surface area contributed by atoms with Gasteiger partial charge in [-0.2, -0.15) is 0 Å². The van der Waals surface area contributed by atoms with E-state index in [2.05, 4.69) is 0 Å². The quantitative estimate of drug-likeness (QED) is 0.849. The minimum atomic E-state index is -3.69. The molecular weight excluding hydrogens is 328 g/mol.